The van der Waals surface area contributed by atoms with Crippen molar-refractivity contribution in [1.82, 2.24) is 10.1 Å². The molecule has 2 heterocycles. The van der Waals surface area contributed by atoms with Gasteiger partial charge in [-0.15, -0.1) is 11.3 Å². The van der Waals surface area contributed by atoms with E-state index in [4.69, 9.17) is 9.63 Å². The van der Waals surface area contributed by atoms with E-state index in [-0.39, 0.29) is 6.61 Å². The number of nitrogens with zero attached hydrogens (tertiary/aromatic N) is 2. The zero-order valence-electron chi connectivity index (χ0n) is 8.63. The van der Waals surface area contributed by atoms with Crippen molar-refractivity contribution in [3.63, 3.8) is 0 Å². The van der Waals surface area contributed by atoms with Crippen LogP contribution in [0.15, 0.2) is 22.0 Å². The van der Waals surface area contributed by atoms with Crippen LogP contribution in [0.2, 0.25) is 0 Å². The number of thiophene rings is 1. The summed E-state index contributed by atoms with van der Waals surface area (Å²) in [5.41, 5.74) is 0. The number of hydrogen-bond acceptors (Lipinski definition) is 6. The number of aliphatic hydroxyl groups is 1. The molecule has 0 aliphatic rings. The minimum Gasteiger partial charge on any atom is -0.396 e. The van der Waals surface area contributed by atoms with E-state index >= 15 is 0 Å². The Hall–Kier alpha value is -0.850. The fourth-order valence-electron chi connectivity index (χ4n) is 1.14. The maximum atomic E-state index is 8.63. The average molecular weight is 256 g/mol. The first-order valence-corrected chi connectivity index (χ1v) is 6.98. The summed E-state index contributed by atoms with van der Waals surface area (Å²) < 4.78 is 5.15. The van der Waals surface area contributed by atoms with Gasteiger partial charge in [0.25, 0.3) is 5.89 Å². The van der Waals surface area contributed by atoms with E-state index in [2.05, 4.69) is 10.1 Å². The summed E-state index contributed by atoms with van der Waals surface area (Å²) >= 11 is 3.29. The molecule has 0 fully saturated rings. The van der Waals surface area contributed by atoms with E-state index in [9.17, 15) is 0 Å². The molecule has 16 heavy (non-hydrogen) atoms. The van der Waals surface area contributed by atoms with Crippen LogP contribution in [0.1, 0.15) is 12.2 Å². The summed E-state index contributed by atoms with van der Waals surface area (Å²) in [6.45, 7) is 0.236. The highest BCUT2D eigenvalue weighted by Gasteiger charge is 2.08. The maximum absolute atomic E-state index is 8.63. The van der Waals surface area contributed by atoms with Crippen molar-refractivity contribution in [2.24, 2.45) is 0 Å². The normalized spacial score (nSPS) is 10.8. The summed E-state index contributed by atoms with van der Waals surface area (Å²) in [5.74, 6) is 2.95. The smallest absolute Gasteiger partial charge is 0.268 e. The summed E-state index contributed by atoms with van der Waals surface area (Å²) in [6, 6.07) is 3.92. The molecular weight excluding hydrogens is 244 g/mol. The quantitative estimate of drug-likeness (QED) is 0.804. The highest BCUT2D eigenvalue weighted by atomic mass is 32.2. The highest BCUT2D eigenvalue weighted by Crippen LogP contribution is 2.23. The summed E-state index contributed by atoms with van der Waals surface area (Å²) in [4.78, 5) is 5.30. The number of aromatic nitrogens is 2. The lowest BCUT2D eigenvalue weighted by molar-refractivity contribution is 0.296. The minimum atomic E-state index is 0.236. The van der Waals surface area contributed by atoms with Gasteiger partial charge >= 0.3 is 0 Å². The van der Waals surface area contributed by atoms with Gasteiger partial charge in [0.15, 0.2) is 5.82 Å². The molecule has 0 atom stereocenters. The number of rotatable bonds is 6. The van der Waals surface area contributed by atoms with Gasteiger partial charge in [-0.25, -0.2) is 0 Å². The van der Waals surface area contributed by atoms with Gasteiger partial charge in [0.2, 0.25) is 0 Å². The summed E-state index contributed by atoms with van der Waals surface area (Å²) in [6.07, 6.45) is 0.806. The Labute approximate surface area is 102 Å². The van der Waals surface area contributed by atoms with Crippen LogP contribution in [0.3, 0.4) is 0 Å². The van der Waals surface area contributed by atoms with Crippen LogP contribution in [0.4, 0.5) is 0 Å². The van der Waals surface area contributed by atoms with Crippen molar-refractivity contribution in [3.8, 4) is 10.8 Å². The Balaban J connectivity index is 1.88. The van der Waals surface area contributed by atoms with Crippen molar-refractivity contribution in [2.75, 3.05) is 12.4 Å². The van der Waals surface area contributed by atoms with Crippen LogP contribution < -0.4 is 0 Å². The minimum absolute atomic E-state index is 0.236. The lowest BCUT2D eigenvalue weighted by Crippen LogP contribution is -1.89. The van der Waals surface area contributed by atoms with Gasteiger partial charge in [0.1, 0.15) is 0 Å². The number of thioether (sulfide) groups is 1. The Morgan fingerprint density at radius 1 is 1.50 bits per heavy atom. The first-order chi connectivity index (χ1) is 7.90. The van der Waals surface area contributed by atoms with Crippen molar-refractivity contribution < 1.29 is 9.63 Å². The van der Waals surface area contributed by atoms with Crippen LogP contribution in [0, 0.1) is 0 Å². The monoisotopic (exact) mass is 256 g/mol. The Kier molecular flexibility index (Phi) is 4.38. The largest absolute Gasteiger partial charge is 0.396 e. The standard InChI is InChI=1S/C10H12N2O2S2/c13-4-2-5-15-7-9-11-10(14-12-9)8-3-1-6-16-8/h1,3,6,13H,2,4-5,7H2. The van der Waals surface area contributed by atoms with E-state index in [1.165, 1.54) is 0 Å². The zero-order valence-corrected chi connectivity index (χ0v) is 10.3. The second-order valence-electron chi connectivity index (χ2n) is 3.12. The molecule has 0 radical (unpaired) electrons. The highest BCUT2D eigenvalue weighted by molar-refractivity contribution is 7.98. The van der Waals surface area contributed by atoms with E-state index in [1.807, 2.05) is 17.5 Å². The predicted octanol–water partition coefficient (Wildman–Crippen LogP) is 2.41. The third-order valence-corrected chi connectivity index (χ3v) is 3.78. The predicted molar refractivity (Wildman–Crippen MR) is 65.5 cm³/mol. The molecule has 0 bridgehead atoms. The topological polar surface area (TPSA) is 59.2 Å². The molecule has 6 heteroatoms. The molecule has 86 valence electrons. The first-order valence-electron chi connectivity index (χ1n) is 4.95. The molecule has 2 aromatic heterocycles. The van der Waals surface area contributed by atoms with Crippen molar-refractivity contribution >= 4 is 23.1 Å². The van der Waals surface area contributed by atoms with Gasteiger partial charge in [-0.3, -0.25) is 0 Å². The third kappa shape index (κ3) is 3.07. The van der Waals surface area contributed by atoms with E-state index < -0.39 is 0 Å². The molecule has 0 saturated carbocycles. The van der Waals surface area contributed by atoms with Crippen LogP contribution in [0.25, 0.3) is 10.8 Å². The fourth-order valence-corrected chi connectivity index (χ4v) is 2.56. The second kappa shape index (κ2) is 6.03. The van der Waals surface area contributed by atoms with Crippen molar-refractivity contribution in [1.29, 1.82) is 0 Å². The Morgan fingerprint density at radius 3 is 3.19 bits per heavy atom. The summed E-state index contributed by atoms with van der Waals surface area (Å²) in [5, 5.41) is 14.5. The van der Waals surface area contributed by atoms with Crippen molar-refractivity contribution in [2.45, 2.75) is 12.2 Å². The van der Waals surface area contributed by atoms with Gasteiger partial charge in [-0.1, -0.05) is 11.2 Å². The molecule has 1 N–H and O–H groups in total. The molecule has 0 aromatic carbocycles. The lowest BCUT2D eigenvalue weighted by atomic mass is 10.5. The molecule has 4 nitrogen and oxygen atoms in total. The van der Waals surface area contributed by atoms with E-state index in [0.29, 0.717) is 11.7 Å². The Bertz CT molecular complexity index is 414. The van der Waals surface area contributed by atoms with Gasteiger partial charge in [0, 0.05) is 6.61 Å². The zero-order chi connectivity index (χ0) is 11.2. The third-order valence-electron chi connectivity index (χ3n) is 1.88. The molecule has 2 aromatic rings. The lowest BCUT2D eigenvalue weighted by Gasteiger charge is -1.93. The molecule has 0 unspecified atom stereocenters. The number of hydrogen-bond donors (Lipinski definition) is 1. The van der Waals surface area contributed by atoms with E-state index in [1.54, 1.807) is 23.1 Å². The van der Waals surface area contributed by atoms with E-state index in [0.717, 1.165) is 22.8 Å². The molecule has 0 amide bonds. The Morgan fingerprint density at radius 2 is 2.44 bits per heavy atom. The van der Waals surface area contributed by atoms with Crippen LogP contribution in [-0.2, 0) is 5.75 Å². The van der Waals surface area contributed by atoms with Gasteiger partial charge in [0.05, 0.1) is 10.6 Å². The number of aliphatic hydroxyl groups excluding tert-OH is 1. The van der Waals surface area contributed by atoms with Gasteiger partial charge in [-0.2, -0.15) is 16.7 Å². The molecule has 0 aliphatic carbocycles. The summed E-state index contributed by atoms with van der Waals surface area (Å²) in [7, 11) is 0. The molecular formula is C10H12N2O2S2. The molecule has 2 rings (SSSR count). The maximum Gasteiger partial charge on any atom is 0.268 e. The average Bonchev–Trinajstić information content (AvgIpc) is 2.94. The molecule has 0 aliphatic heterocycles. The van der Waals surface area contributed by atoms with Gasteiger partial charge < -0.3 is 9.63 Å². The van der Waals surface area contributed by atoms with Crippen LogP contribution in [-0.4, -0.2) is 27.6 Å². The molecule has 0 spiro atoms. The van der Waals surface area contributed by atoms with Gasteiger partial charge in [-0.05, 0) is 23.6 Å². The second-order valence-corrected chi connectivity index (χ2v) is 5.18. The SMILES string of the molecule is OCCCSCc1noc(-c2cccs2)n1. The van der Waals surface area contributed by atoms with Crippen LogP contribution >= 0.6 is 23.1 Å². The molecule has 0 saturated heterocycles. The fraction of sp³-hybridized carbons (Fsp3) is 0.400. The van der Waals surface area contributed by atoms with Crippen molar-refractivity contribution in [3.05, 3.63) is 23.3 Å². The van der Waals surface area contributed by atoms with Crippen LogP contribution in [0.5, 0.6) is 0 Å². The first kappa shape index (κ1) is 11.6.